The average Bonchev–Trinajstić information content (AvgIpc) is 2.74. The van der Waals surface area contributed by atoms with Crippen molar-refractivity contribution >= 4 is 11.0 Å². The molecule has 2 aromatic rings. The lowest BCUT2D eigenvalue weighted by molar-refractivity contribution is 0.638. The van der Waals surface area contributed by atoms with Gasteiger partial charge in [0.2, 0.25) is 0 Å². The average molecular weight is 259 g/mol. The molecule has 1 N–H and O–H groups in total. The van der Waals surface area contributed by atoms with Gasteiger partial charge in [0.05, 0.1) is 11.0 Å². The van der Waals surface area contributed by atoms with Crippen LogP contribution in [-0.2, 0) is 13.0 Å². The van der Waals surface area contributed by atoms with E-state index in [1.807, 2.05) is 7.05 Å². The van der Waals surface area contributed by atoms with E-state index < -0.39 is 0 Å². The summed E-state index contributed by atoms with van der Waals surface area (Å²) in [4.78, 5) is 4.83. The lowest BCUT2D eigenvalue weighted by Gasteiger charge is -2.08. The second-order valence-electron chi connectivity index (χ2n) is 5.44. The molecule has 0 bridgehead atoms. The van der Waals surface area contributed by atoms with Gasteiger partial charge in [0, 0.05) is 19.5 Å². The van der Waals surface area contributed by atoms with E-state index in [1.54, 1.807) is 0 Å². The predicted molar refractivity (Wildman–Crippen MR) is 81.7 cm³/mol. The molecule has 19 heavy (non-hydrogen) atoms. The Labute approximate surface area is 116 Å². The van der Waals surface area contributed by atoms with Gasteiger partial charge in [-0.1, -0.05) is 26.8 Å². The maximum absolute atomic E-state index is 4.83. The molecule has 3 heteroatoms. The summed E-state index contributed by atoms with van der Waals surface area (Å²) in [5, 5.41) is 3.21. The first-order valence-corrected chi connectivity index (χ1v) is 7.31. The van der Waals surface area contributed by atoms with Crippen LogP contribution in [0.5, 0.6) is 0 Å². The van der Waals surface area contributed by atoms with Crippen molar-refractivity contribution in [2.75, 3.05) is 13.6 Å². The number of nitrogens with zero attached hydrogens (tertiary/aromatic N) is 2. The minimum absolute atomic E-state index is 0.557. The van der Waals surface area contributed by atoms with Crippen molar-refractivity contribution in [1.29, 1.82) is 0 Å². The highest BCUT2D eigenvalue weighted by atomic mass is 15.1. The number of benzene rings is 1. The summed E-state index contributed by atoms with van der Waals surface area (Å²) in [6.07, 6.45) is 2.13. The summed E-state index contributed by atoms with van der Waals surface area (Å²) in [6.45, 7) is 8.70. The van der Waals surface area contributed by atoms with E-state index in [0.29, 0.717) is 5.92 Å². The van der Waals surface area contributed by atoms with Crippen LogP contribution in [0.25, 0.3) is 11.0 Å². The van der Waals surface area contributed by atoms with Crippen LogP contribution < -0.4 is 5.32 Å². The molecule has 0 amide bonds. The summed E-state index contributed by atoms with van der Waals surface area (Å²) < 4.78 is 2.37. The number of aromatic nitrogens is 2. The van der Waals surface area contributed by atoms with Crippen molar-refractivity contribution in [1.82, 2.24) is 14.9 Å². The van der Waals surface area contributed by atoms with Gasteiger partial charge in [-0.15, -0.1) is 0 Å². The number of nitrogens with one attached hydrogen (secondary N) is 1. The van der Waals surface area contributed by atoms with Crippen LogP contribution in [0.4, 0.5) is 0 Å². The number of likely N-dealkylation sites (N-methyl/N-ethyl adjacent to an activating group) is 1. The maximum atomic E-state index is 4.83. The number of hydrogen-bond acceptors (Lipinski definition) is 2. The monoisotopic (exact) mass is 259 g/mol. The Morgan fingerprint density at radius 2 is 2.11 bits per heavy atom. The molecule has 0 atom stereocenters. The first-order chi connectivity index (χ1) is 9.17. The number of aryl methyl sites for hydroxylation is 1. The fourth-order valence-electron chi connectivity index (χ4n) is 2.46. The van der Waals surface area contributed by atoms with Crippen LogP contribution in [0.15, 0.2) is 18.2 Å². The van der Waals surface area contributed by atoms with Gasteiger partial charge in [0.1, 0.15) is 5.82 Å². The largest absolute Gasteiger partial charge is 0.328 e. The predicted octanol–water partition coefficient (Wildman–Crippen LogP) is 3.33. The Morgan fingerprint density at radius 1 is 1.32 bits per heavy atom. The van der Waals surface area contributed by atoms with Crippen LogP contribution in [0.3, 0.4) is 0 Å². The Balaban J connectivity index is 2.45. The van der Waals surface area contributed by atoms with E-state index >= 15 is 0 Å². The van der Waals surface area contributed by atoms with E-state index in [9.17, 15) is 0 Å². The van der Waals surface area contributed by atoms with E-state index in [2.05, 4.69) is 48.9 Å². The van der Waals surface area contributed by atoms with Gasteiger partial charge in [0.15, 0.2) is 0 Å². The molecular weight excluding hydrogens is 234 g/mol. The molecule has 1 aromatic carbocycles. The Morgan fingerprint density at radius 3 is 2.74 bits per heavy atom. The SMILES string of the molecule is CCCn1c(CCNC)nc2cc(C(C)C)ccc21. The van der Waals surface area contributed by atoms with Gasteiger partial charge in [-0.25, -0.2) is 4.98 Å². The third-order valence-corrected chi connectivity index (χ3v) is 3.56. The second-order valence-corrected chi connectivity index (χ2v) is 5.44. The molecular formula is C16H25N3. The summed E-state index contributed by atoms with van der Waals surface area (Å²) in [5.41, 5.74) is 3.79. The molecule has 3 nitrogen and oxygen atoms in total. The van der Waals surface area contributed by atoms with Crippen molar-refractivity contribution in [3.05, 3.63) is 29.6 Å². The summed E-state index contributed by atoms with van der Waals surface area (Å²) in [7, 11) is 1.99. The zero-order valence-corrected chi connectivity index (χ0v) is 12.5. The Hall–Kier alpha value is -1.35. The maximum Gasteiger partial charge on any atom is 0.111 e. The van der Waals surface area contributed by atoms with Gasteiger partial charge < -0.3 is 9.88 Å². The van der Waals surface area contributed by atoms with Crippen molar-refractivity contribution in [2.24, 2.45) is 0 Å². The van der Waals surface area contributed by atoms with Crippen LogP contribution in [0.2, 0.25) is 0 Å². The fourth-order valence-corrected chi connectivity index (χ4v) is 2.46. The molecule has 1 aromatic heterocycles. The first-order valence-electron chi connectivity index (χ1n) is 7.31. The van der Waals surface area contributed by atoms with Gasteiger partial charge >= 0.3 is 0 Å². The van der Waals surface area contributed by atoms with Crippen molar-refractivity contribution in [3.63, 3.8) is 0 Å². The van der Waals surface area contributed by atoms with Crippen molar-refractivity contribution in [2.45, 2.75) is 46.1 Å². The third-order valence-electron chi connectivity index (χ3n) is 3.56. The molecule has 2 rings (SSSR count). The molecule has 0 saturated heterocycles. The van der Waals surface area contributed by atoms with Gasteiger partial charge in [-0.2, -0.15) is 0 Å². The topological polar surface area (TPSA) is 29.9 Å². The minimum atomic E-state index is 0.557. The quantitative estimate of drug-likeness (QED) is 0.862. The molecule has 0 unspecified atom stereocenters. The summed E-state index contributed by atoms with van der Waals surface area (Å²) in [6, 6.07) is 6.72. The third kappa shape index (κ3) is 2.98. The lowest BCUT2D eigenvalue weighted by atomic mass is 10.0. The first kappa shape index (κ1) is 14.1. The van der Waals surface area contributed by atoms with Gasteiger partial charge in [-0.05, 0) is 37.1 Å². The van der Waals surface area contributed by atoms with Crippen LogP contribution in [-0.4, -0.2) is 23.1 Å². The molecule has 0 aliphatic rings. The number of hydrogen-bond donors (Lipinski definition) is 1. The van der Waals surface area contributed by atoms with Crippen LogP contribution in [0.1, 0.15) is 44.5 Å². The van der Waals surface area contributed by atoms with Gasteiger partial charge in [-0.3, -0.25) is 0 Å². The highest BCUT2D eigenvalue weighted by Crippen LogP contribution is 2.22. The normalized spacial score (nSPS) is 11.6. The molecule has 0 fully saturated rings. The smallest absolute Gasteiger partial charge is 0.111 e. The number of rotatable bonds is 6. The summed E-state index contributed by atoms with van der Waals surface area (Å²) >= 11 is 0. The lowest BCUT2D eigenvalue weighted by Crippen LogP contribution is -2.14. The standard InChI is InChI=1S/C16H25N3/c1-5-10-19-15-7-6-13(12(2)3)11-14(15)18-16(19)8-9-17-4/h6-7,11-12,17H,5,8-10H2,1-4H3. The van der Waals surface area contributed by atoms with Crippen molar-refractivity contribution < 1.29 is 0 Å². The zero-order chi connectivity index (χ0) is 13.8. The number of imidazole rings is 1. The highest BCUT2D eigenvalue weighted by molar-refractivity contribution is 5.77. The van der Waals surface area contributed by atoms with E-state index in [0.717, 1.165) is 31.4 Å². The van der Waals surface area contributed by atoms with E-state index in [-0.39, 0.29) is 0 Å². The zero-order valence-electron chi connectivity index (χ0n) is 12.5. The second kappa shape index (κ2) is 6.20. The minimum Gasteiger partial charge on any atom is -0.328 e. The highest BCUT2D eigenvalue weighted by Gasteiger charge is 2.11. The summed E-state index contributed by atoms with van der Waals surface area (Å²) in [5.74, 6) is 1.76. The molecule has 1 heterocycles. The Bertz CT molecular complexity index is 540. The van der Waals surface area contributed by atoms with E-state index in [1.165, 1.54) is 16.9 Å². The van der Waals surface area contributed by atoms with Gasteiger partial charge in [0.25, 0.3) is 0 Å². The van der Waals surface area contributed by atoms with Crippen molar-refractivity contribution in [3.8, 4) is 0 Å². The molecule has 0 aliphatic heterocycles. The molecule has 0 saturated carbocycles. The molecule has 0 aliphatic carbocycles. The fraction of sp³-hybridized carbons (Fsp3) is 0.562. The van der Waals surface area contributed by atoms with E-state index in [4.69, 9.17) is 4.98 Å². The Kier molecular flexibility index (Phi) is 4.59. The van der Waals surface area contributed by atoms with Crippen LogP contribution in [0, 0.1) is 0 Å². The molecule has 0 radical (unpaired) electrons. The molecule has 104 valence electrons. The number of fused-ring (bicyclic) bond motifs is 1. The molecule has 0 spiro atoms. The van der Waals surface area contributed by atoms with Crippen LogP contribution >= 0.6 is 0 Å².